The van der Waals surface area contributed by atoms with Gasteiger partial charge in [-0.05, 0) is 91.9 Å². The molecule has 0 aliphatic heterocycles. The van der Waals surface area contributed by atoms with Gasteiger partial charge in [-0.2, -0.15) is 0 Å². The maximum Gasteiger partial charge on any atom is 0.337 e. The summed E-state index contributed by atoms with van der Waals surface area (Å²) in [6, 6.07) is 37.4. The second-order valence-corrected chi connectivity index (χ2v) is 12.9. The van der Waals surface area contributed by atoms with Crippen LogP contribution < -0.4 is 0 Å². The number of aryl methyl sites for hydroxylation is 2. The Morgan fingerprint density at radius 1 is 0.771 bits per heavy atom. The third kappa shape index (κ3) is 9.88. The molecule has 6 nitrogen and oxygen atoms in total. The average Bonchev–Trinajstić information content (AvgIpc) is 3.11. The number of benzene rings is 4. The van der Waals surface area contributed by atoms with E-state index < -0.39 is 0 Å². The Labute approximate surface area is 286 Å². The highest BCUT2D eigenvalue weighted by Gasteiger charge is 2.44. The largest absolute Gasteiger partial charge is 0.466 e. The van der Waals surface area contributed by atoms with Crippen molar-refractivity contribution in [3.63, 3.8) is 0 Å². The van der Waals surface area contributed by atoms with E-state index in [2.05, 4.69) is 83.8 Å². The first-order valence-electron chi connectivity index (χ1n) is 17.3. The fraction of sp³-hybridized carbons (Fsp3) is 0.381. The van der Waals surface area contributed by atoms with Gasteiger partial charge in [0.05, 0.1) is 37.4 Å². The lowest BCUT2D eigenvalue weighted by molar-refractivity contribution is -0.162. The number of carbonyl (C=O) groups excluding carboxylic acids is 2. The summed E-state index contributed by atoms with van der Waals surface area (Å²) >= 11 is 0. The quantitative estimate of drug-likeness (QED) is 0.101. The van der Waals surface area contributed by atoms with Gasteiger partial charge in [-0.15, -0.1) is 0 Å². The summed E-state index contributed by atoms with van der Waals surface area (Å²) in [6.45, 7) is 4.98. The number of methoxy groups -OCH3 is 1. The van der Waals surface area contributed by atoms with Gasteiger partial charge in [-0.1, -0.05) is 103 Å². The van der Waals surface area contributed by atoms with Crippen molar-refractivity contribution >= 4 is 11.9 Å². The van der Waals surface area contributed by atoms with Gasteiger partial charge < -0.3 is 14.2 Å². The van der Waals surface area contributed by atoms with Gasteiger partial charge in [0.25, 0.3) is 0 Å². The fourth-order valence-corrected chi connectivity index (χ4v) is 6.53. The molecule has 5 rings (SSSR count). The van der Waals surface area contributed by atoms with Crippen LogP contribution in [0.2, 0.25) is 0 Å². The van der Waals surface area contributed by atoms with Crippen molar-refractivity contribution in [1.82, 2.24) is 4.90 Å². The van der Waals surface area contributed by atoms with Gasteiger partial charge in [-0.25, -0.2) is 4.79 Å². The Balaban J connectivity index is 1.27. The molecule has 0 aromatic heterocycles. The van der Waals surface area contributed by atoms with Gasteiger partial charge in [0.1, 0.15) is 0 Å². The van der Waals surface area contributed by atoms with Crippen LogP contribution in [0.4, 0.5) is 0 Å². The molecule has 0 heterocycles. The monoisotopic (exact) mass is 647 g/mol. The minimum atomic E-state index is -0.343. The van der Waals surface area contributed by atoms with E-state index in [1.807, 2.05) is 37.3 Å². The SMILES string of the molecule is CCOC(=O)C1(CCCN(Cc2ccc(C(=O)OC)cc2)CC(OCc2ccc(CCc3ccccc3)cc2)c2ccccc2)CCC1. The lowest BCUT2D eigenvalue weighted by atomic mass is 9.66. The van der Waals surface area contributed by atoms with Crippen LogP contribution in [0.5, 0.6) is 0 Å². The van der Waals surface area contributed by atoms with E-state index in [0.29, 0.717) is 31.9 Å². The standard InChI is InChI=1S/C42H49NO5/c1-3-47-41(45)42(26-10-27-42)28-11-29-43(30-35-22-24-38(25-23-35)40(44)46-2)31-39(37-14-8-5-9-15-37)48-32-36-20-18-34(19-21-36)17-16-33-12-6-4-7-13-33/h4-9,12-15,18-25,39H,3,10-11,16-17,26-32H2,1-2H3. The Morgan fingerprint density at radius 2 is 1.38 bits per heavy atom. The zero-order valence-corrected chi connectivity index (χ0v) is 28.4. The summed E-state index contributed by atoms with van der Waals surface area (Å²) < 4.78 is 17.1. The zero-order valence-electron chi connectivity index (χ0n) is 28.4. The number of hydrogen-bond acceptors (Lipinski definition) is 6. The second-order valence-electron chi connectivity index (χ2n) is 12.9. The molecule has 4 aromatic carbocycles. The molecule has 6 heteroatoms. The number of hydrogen-bond donors (Lipinski definition) is 0. The molecule has 0 radical (unpaired) electrons. The van der Waals surface area contributed by atoms with Crippen molar-refractivity contribution in [3.8, 4) is 0 Å². The maximum absolute atomic E-state index is 12.8. The van der Waals surface area contributed by atoms with Crippen molar-refractivity contribution in [2.24, 2.45) is 5.41 Å². The molecule has 0 bridgehead atoms. The molecule has 1 unspecified atom stereocenters. The number of ether oxygens (including phenoxy) is 3. The number of nitrogens with zero attached hydrogens (tertiary/aromatic N) is 1. The van der Waals surface area contributed by atoms with Crippen molar-refractivity contribution in [1.29, 1.82) is 0 Å². The maximum atomic E-state index is 12.8. The first-order chi connectivity index (χ1) is 23.5. The van der Waals surface area contributed by atoms with Gasteiger partial charge >= 0.3 is 11.9 Å². The van der Waals surface area contributed by atoms with Crippen LogP contribution >= 0.6 is 0 Å². The number of rotatable bonds is 18. The first-order valence-corrected chi connectivity index (χ1v) is 17.3. The lowest BCUT2D eigenvalue weighted by Crippen LogP contribution is -2.40. The highest BCUT2D eigenvalue weighted by Crippen LogP contribution is 2.46. The van der Waals surface area contributed by atoms with Gasteiger partial charge in [0.2, 0.25) is 0 Å². The topological polar surface area (TPSA) is 65.1 Å². The summed E-state index contributed by atoms with van der Waals surface area (Å²) in [5.74, 6) is -0.386. The molecular weight excluding hydrogens is 598 g/mol. The Bertz CT molecular complexity index is 1550. The number of carbonyl (C=O) groups is 2. The minimum Gasteiger partial charge on any atom is -0.466 e. The molecular formula is C42H49NO5. The summed E-state index contributed by atoms with van der Waals surface area (Å²) in [4.78, 5) is 27.3. The Morgan fingerprint density at radius 3 is 1.98 bits per heavy atom. The van der Waals surface area contributed by atoms with E-state index in [1.54, 1.807) is 0 Å². The van der Waals surface area contributed by atoms with Gasteiger partial charge in [-0.3, -0.25) is 9.69 Å². The fourth-order valence-electron chi connectivity index (χ4n) is 6.53. The molecule has 0 amide bonds. The zero-order chi connectivity index (χ0) is 33.6. The second kappa shape index (κ2) is 17.8. The van der Waals surface area contributed by atoms with Crippen molar-refractivity contribution < 1.29 is 23.8 Å². The average molecular weight is 648 g/mol. The molecule has 1 atom stereocenters. The summed E-state index contributed by atoms with van der Waals surface area (Å²) in [7, 11) is 1.40. The van der Waals surface area contributed by atoms with Crippen LogP contribution in [0, 0.1) is 5.41 Å². The molecule has 0 N–H and O–H groups in total. The van der Waals surface area contributed by atoms with Crippen molar-refractivity contribution in [3.05, 3.63) is 143 Å². The Kier molecular flexibility index (Phi) is 13.0. The highest BCUT2D eigenvalue weighted by molar-refractivity contribution is 5.89. The van der Waals surface area contributed by atoms with E-state index in [9.17, 15) is 9.59 Å². The summed E-state index contributed by atoms with van der Waals surface area (Å²) in [6.07, 6.45) is 6.46. The summed E-state index contributed by atoms with van der Waals surface area (Å²) in [5.41, 5.74) is 6.24. The van der Waals surface area contributed by atoms with Crippen molar-refractivity contribution in [2.75, 3.05) is 26.8 Å². The minimum absolute atomic E-state index is 0.0437. The molecule has 1 aliphatic rings. The molecule has 0 spiro atoms. The predicted molar refractivity (Wildman–Crippen MR) is 189 cm³/mol. The van der Waals surface area contributed by atoms with Crippen LogP contribution in [0.15, 0.2) is 109 Å². The number of esters is 2. The molecule has 1 saturated carbocycles. The molecule has 252 valence electrons. The molecule has 4 aromatic rings. The van der Waals surface area contributed by atoms with Crippen LogP contribution in [0.25, 0.3) is 0 Å². The molecule has 0 saturated heterocycles. The summed E-state index contributed by atoms with van der Waals surface area (Å²) in [5, 5.41) is 0. The van der Waals surface area contributed by atoms with E-state index in [4.69, 9.17) is 14.2 Å². The van der Waals surface area contributed by atoms with Gasteiger partial charge in [0.15, 0.2) is 0 Å². The van der Waals surface area contributed by atoms with Crippen LogP contribution in [0.3, 0.4) is 0 Å². The predicted octanol–water partition coefficient (Wildman–Crippen LogP) is 8.53. The van der Waals surface area contributed by atoms with E-state index in [-0.39, 0.29) is 23.5 Å². The van der Waals surface area contributed by atoms with E-state index >= 15 is 0 Å². The smallest absolute Gasteiger partial charge is 0.337 e. The highest BCUT2D eigenvalue weighted by atomic mass is 16.5. The lowest BCUT2D eigenvalue weighted by Gasteiger charge is -2.39. The van der Waals surface area contributed by atoms with Crippen LogP contribution in [-0.4, -0.2) is 43.6 Å². The normalized spacial score (nSPS) is 14.2. The third-order valence-corrected chi connectivity index (χ3v) is 9.54. The Hall–Kier alpha value is -4.26. The van der Waals surface area contributed by atoms with Crippen molar-refractivity contribution in [2.45, 2.75) is 71.1 Å². The van der Waals surface area contributed by atoms with Crippen LogP contribution in [0.1, 0.15) is 83.3 Å². The third-order valence-electron chi connectivity index (χ3n) is 9.54. The first kappa shape index (κ1) is 35.1. The molecule has 48 heavy (non-hydrogen) atoms. The van der Waals surface area contributed by atoms with E-state index in [1.165, 1.54) is 18.2 Å². The van der Waals surface area contributed by atoms with Crippen LogP contribution in [-0.2, 0) is 45.0 Å². The van der Waals surface area contributed by atoms with E-state index in [0.717, 1.165) is 68.2 Å². The van der Waals surface area contributed by atoms with Gasteiger partial charge in [0, 0.05) is 13.1 Å². The molecule has 1 aliphatic carbocycles. The molecule has 1 fully saturated rings.